The fraction of sp³-hybridized carbons (Fsp3) is 0.242. The van der Waals surface area contributed by atoms with Crippen LogP contribution < -0.4 is 33.8 Å². The molecule has 1 aliphatic heterocycles. The Morgan fingerprint density at radius 3 is 2.31 bits per heavy atom. The lowest BCUT2D eigenvalue weighted by Crippen LogP contribution is -2.40. The van der Waals surface area contributed by atoms with Gasteiger partial charge < -0.3 is 23.7 Å². The summed E-state index contributed by atoms with van der Waals surface area (Å²) in [5.41, 5.74) is 2.21. The molecule has 0 N–H and O–H groups in total. The van der Waals surface area contributed by atoms with Gasteiger partial charge >= 0.3 is 5.97 Å². The van der Waals surface area contributed by atoms with Gasteiger partial charge in [0.15, 0.2) is 27.8 Å². The van der Waals surface area contributed by atoms with Crippen LogP contribution in [-0.4, -0.2) is 43.4 Å². The van der Waals surface area contributed by atoms with Crippen LogP contribution in [-0.2, 0) is 16.1 Å². The fourth-order valence-corrected chi connectivity index (χ4v) is 7.31. The SMILES string of the molecule is CCOC(=O)C1=C(C)N=c2s/c(=C\c3cc(Br)c(OCc4ccc([N+](=O)[O-])cc4)c(OC)c3)c(=O)n2[C@H]1c1cc(OC)c(OC)cc1Br. The standard InChI is InChI=1S/C33H29Br2N3O9S/c1-6-46-32(40)28-17(2)36-33-37(29(28)21-14-24(43-3)25(44-4)15-22(21)34)31(39)27(48-33)13-19-11-23(35)30(26(12-19)45-5)47-16-18-7-9-20(10-8-18)38(41)42/h7-15,29H,6,16H2,1-5H3/b27-13-/t29-/m0/s1. The monoisotopic (exact) mass is 801 g/mol. The summed E-state index contributed by atoms with van der Waals surface area (Å²) >= 11 is 8.34. The molecule has 0 amide bonds. The molecule has 0 unspecified atom stereocenters. The highest BCUT2D eigenvalue weighted by Crippen LogP contribution is 2.41. The number of hydrogen-bond acceptors (Lipinski definition) is 11. The predicted octanol–water partition coefficient (Wildman–Crippen LogP) is 5.84. The van der Waals surface area contributed by atoms with Crippen LogP contribution in [0.2, 0.25) is 0 Å². The van der Waals surface area contributed by atoms with Crippen molar-refractivity contribution >= 4 is 60.9 Å². The quantitative estimate of drug-likeness (QED) is 0.104. The summed E-state index contributed by atoms with van der Waals surface area (Å²) in [6.45, 7) is 3.70. The second-order valence-corrected chi connectivity index (χ2v) is 13.0. The maximum Gasteiger partial charge on any atom is 0.338 e. The van der Waals surface area contributed by atoms with Crippen molar-refractivity contribution in [1.29, 1.82) is 0 Å². The first-order valence-corrected chi connectivity index (χ1v) is 16.8. The molecule has 1 aromatic heterocycles. The lowest BCUT2D eigenvalue weighted by Gasteiger charge is -2.26. The van der Waals surface area contributed by atoms with E-state index in [-0.39, 0.29) is 30.0 Å². The number of ether oxygens (including phenoxy) is 5. The zero-order valence-electron chi connectivity index (χ0n) is 26.4. The molecule has 1 atom stereocenters. The Balaban J connectivity index is 1.59. The highest BCUT2D eigenvalue weighted by atomic mass is 79.9. The van der Waals surface area contributed by atoms with Gasteiger partial charge in [-0.2, -0.15) is 0 Å². The van der Waals surface area contributed by atoms with E-state index in [2.05, 4.69) is 36.9 Å². The zero-order chi connectivity index (χ0) is 34.7. The summed E-state index contributed by atoms with van der Waals surface area (Å²) < 4.78 is 31.0. The number of allylic oxidation sites excluding steroid dienone is 1. The van der Waals surface area contributed by atoms with E-state index in [1.54, 1.807) is 56.3 Å². The van der Waals surface area contributed by atoms with E-state index in [0.717, 1.165) is 5.56 Å². The number of nitro groups is 1. The number of aromatic nitrogens is 1. The summed E-state index contributed by atoms with van der Waals surface area (Å²) in [5, 5.41) is 11.0. The van der Waals surface area contributed by atoms with Crippen LogP contribution in [0.4, 0.5) is 5.69 Å². The minimum absolute atomic E-state index is 0.0119. The maximum absolute atomic E-state index is 14.2. The number of carbonyl (C=O) groups excluding carboxylic acids is 1. The van der Waals surface area contributed by atoms with Crippen LogP contribution in [0.15, 0.2) is 78.5 Å². The fourth-order valence-electron chi connectivity index (χ4n) is 5.15. The van der Waals surface area contributed by atoms with Crippen molar-refractivity contribution < 1.29 is 33.4 Å². The topological polar surface area (TPSA) is 141 Å². The van der Waals surface area contributed by atoms with E-state index in [0.29, 0.717) is 58.1 Å². The van der Waals surface area contributed by atoms with Gasteiger partial charge in [-0.05, 0) is 88.9 Å². The second-order valence-electron chi connectivity index (χ2n) is 10.3. The molecule has 12 nitrogen and oxygen atoms in total. The van der Waals surface area contributed by atoms with Crippen molar-refractivity contribution in [3.63, 3.8) is 0 Å². The molecule has 15 heteroatoms. The molecule has 3 aromatic carbocycles. The number of halogens is 2. The average molecular weight is 803 g/mol. The van der Waals surface area contributed by atoms with E-state index in [4.69, 9.17) is 23.7 Å². The van der Waals surface area contributed by atoms with Gasteiger partial charge in [-0.1, -0.05) is 27.3 Å². The summed E-state index contributed by atoms with van der Waals surface area (Å²) in [7, 11) is 4.53. The Labute approximate surface area is 295 Å². The Morgan fingerprint density at radius 2 is 1.69 bits per heavy atom. The number of methoxy groups -OCH3 is 3. The molecule has 0 radical (unpaired) electrons. The third kappa shape index (κ3) is 6.89. The van der Waals surface area contributed by atoms with Crippen LogP contribution in [0.3, 0.4) is 0 Å². The normalized spacial score (nSPS) is 14.2. The largest absolute Gasteiger partial charge is 0.493 e. The number of esters is 1. The predicted molar refractivity (Wildman–Crippen MR) is 186 cm³/mol. The molecule has 1 aliphatic rings. The van der Waals surface area contributed by atoms with Crippen LogP contribution in [0.1, 0.15) is 36.6 Å². The Kier molecular flexibility index (Phi) is 10.7. The molecule has 0 fully saturated rings. The lowest BCUT2D eigenvalue weighted by atomic mass is 9.95. The van der Waals surface area contributed by atoms with Crippen molar-refractivity contribution in [3.8, 4) is 23.0 Å². The molecule has 250 valence electrons. The number of hydrogen-bond donors (Lipinski definition) is 0. The first kappa shape index (κ1) is 34.9. The maximum atomic E-state index is 14.2. The van der Waals surface area contributed by atoms with Gasteiger partial charge in [0.1, 0.15) is 6.61 Å². The highest BCUT2D eigenvalue weighted by Gasteiger charge is 2.35. The molecule has 0 saturated carbocycles. The van der Waals surface area contributed by atoms with Crippen LogP contribution in [0.25, 0.3) is 6.08 Å². The minimum Gasteiger partial charge on any atom is -0.493 e. The molecule has 0 saturated heterocycles. The lowest BCUT2D eigenvalue weighted by molar-refractivity contribution is -0.384. The van der Waals surface area contributed by atoms with Crippen molar-refractivity contribution in [3.05, 3.63) is 115 Å². The first-order valence-electron chi connectivity index (χ1n) is 14.4. The van der Waals surface area contributed by atoms with Gasteiger partial charge in [-0.25, -0.2) is 9.79 Å². The molecule has 0 bridgehead atoms. The number of thiazole rings is 1. The molecule has 5 rings (SSSR count). The van der Waals surface area contributed by atoms with Crippen molar-refractivity contribution in [1.82, 2.24) is 4.57 Å². The summed E-state index contributed by atoms with van der Waals surface area (Å²) in [6.07, 6.45) is 1.71. The Bertz CT molecular complexity index is 2130. The molecule has 0 spiro atoms. The number of non-ortho nitro benzene ring substituents is 1. The number of carbonyl (C=O) groups is 1. The number of rotatable bonds is 11. The second kappa shape index (κ2) is 14.7. The van der Waals surface area contributed by atoms with Gasteiger partial charge in [-0.3, -0.25) is 19.5 Å². The van der Waals surface area contributed by atoms with Gasteiger partial charge in [0.2, 0.25) is 0 Å². The Morgan fingerprint density at radius 1 is 1.02 bits per heavy atom. The summed E-state index contributed by atoms with van der Waals surface area (Å²) in [6, 6.07) is 12.1. The minimum atomic E-state index is -0.881. The van der Waals surface area contributed by atoms with Crippen LogP contribution in [0, 0.1) is 10.1 Å². The molecule has 4 aromatic rings. The number of fused-ring (bicyclic) bond motifs is 1. The van der Waals surface area contributed by atoms with E-state index < -0.39 is 16.9 Å². The third-order valence-electron chi connectivity index (χ3n) is 7.39. The van der Waals surface area contributed by atoms with Crippen molar-refractivity contribution in [2.45, 2.75) is 26.5 Å². The molecular formula is C33H29Br2N3O9S. The molecule has 48 heavy (non-hydrogen) atoms. The summed E-state index contributed by atoms with van der Waals surface area (Å²) in [5.74, 6) is 1.13. The van der Waals surface area contributed by atoms with E-state index in [1.807, 2.05) is 0 Å². The zero-order valence-corrected chi connectivity index (χ0v) is 30.4. The van der Waals surface area contributed by atoms with Gasteiger partial charge in [0.05, 0.1) is 59.2 Å². The van der Waals surface area contributed by atoms with Gasteiger partial charge in [0.25, 0.3) is 11.2 Å². The van der Waals surface area contributed by atoms with Gasteiger partial charge in [0, 0.05) is 16.6 Å². The first-order chi connectivity index (χ1) is 23.0. The van der Waals surface area contributed by atoms with Crippen LogP contribution >= 0.6 is 43.2 Å². The average Bonchev–Trinajstić information content (AvgIpc) is 3.36. The number of nitrogens with zero attached hydrogens (tertiary/aromatic N) is 3. The third-order valence-corrected chi connectivity index (χ3v) is 9.65. The van der Waals surface area contributed by atoms with E-state index in [9.17, 15) is 19.7 Å². The molecule has 2 heterocycles. The van der Waals surface area contributed by atoms with Crippen molar-refractivity contribution in [2.75, 3.05) is 27.9 Å². The molecular weight excluding hydrogens is 774 g/mol. The Hall–Kier alpha value is -4.47. The van der Waals surface area contributed by atoms with Crippen molar-refractivity contribution in [2.24, 2.45) is 4.99 Å². The number of benzene rings is 3. The van der Waals surface area contributed by atoms with Crippen LogP contribution in [0.5, 0.6) is 23.0 Å². The van der Waals surface area contributed by atoms with Gasteiger partial charge in [-0.15, -0.1) is 0 Å². The molecule has 0 aliphatic carbocycles. The van der Waals surface area contributed by atoms with E-state index in [1.165, 1.54) is 49.4 Å². The number of nitro benzene ring substituents is 1. The van der Waals surface area contributed by atoms with E-state index >= 15 is 0 Å². The smallest absolute Gasteiger partial charge is 0.338 e. The highest BCUT2D eigenvalue weighted by molar-refractivity contribution is 9.10. The summed E-state index contributed by atoms with van der Waals surface area (Å²) in [4.78, 5) is 43.1.